The van der Waals surface area contributed by atoms with Crippen LogP contribution in [0.5, 0.6) is 11.5 Å². The van der Waals surface area contributed by atoms with E-state index in [1.807, 2.05) is 44.2 Å². The van der Waals surface area contributed by atoms with Crippen molar-refractivity contribution < 1.29 is 19.1 Å². The lowest BCUT2D eigenvalue weighted by molar-refractivity contribution is -0.126. The molecule has 0 aliphatic carbocycles. The molecule has 6 nitrogen and oxygen atoms in total. The predicted octanol–water partition coefficient (Wildman–Crippen LogP) is 4.61. The maximum Gasteiger partial charge on any atom is 0.254 e. The first-order chi connectivity index (χ1) is 14.9. The van der Waals surface area contributed by atoms with Crippen molar-refractivity contribution >= 4 is 17.5 Å². The number of carbonyl (C=O) groups excluding carboxylic acids is 2. The zero-order chi connectivity index (χ0) is 22.5. The Balaban J connectivity index is 1.88. The fraction of sp³-hybridized carbons (Fsp3) is 0.440. The Labute approximate surface area is 184 Å². The van der Waals surface area contributed by atoms with Crippen LogP contribution in [0.2, 0.25) is 0 Å². The van der Waals surface area contributed by atoms with Crippen LogP contribution < -0.4 is 19.7 Å². The smallest absolute Gasteiger partial charge is 0.254 e. The number of anilines is 1. The number of nitrogens with one attached hydrogen (secondary N) is 1. The van der Waals surface area contributed by atoms with E-state index < -0.39 is 6.04 Å². The average Bonchev–Trinajstić information content (AvgIpc) is 3.01. The van der Waals surface area contributed by atoms with Gasteiger partial charge in [-0.2, -0.15) is 0 Å². The SMILES string of the molecule is CCCCCOc1ccc(CN2C(=O)C(NC(C)=O)c3c(C)ccc(C)c32)cc1OC. The van der Waals surface area contributed by atoms with Crippen LogP contribution >= 0.6 is 0 Å². The Morgan fingerprint density at radius 1 is 1.10 bits per heavy atom. The van der Waals surface area contributed by atoms with Gasteiger partial charge in [-0.05, 0) is 49.1 Å². The number of unbranched alkanes of at least 4 members (excludes halogenated alkanes) is 2. The van der Waals surface area contributed by atoms with E-state index in [9.17, 15) is 9.59 Å². The van der Waals surface area contributed by atoms with Crippen LogP contribution in [-0.4, -0.2) is 25.5 Å². The third-order valence-corrected chi connectivity index (χ3v) is 5.63. The number of aryl methyl sites for hydroxylation is 2. The van der Waals surface area contributed by atoms with Crippen molar-refractivity contribution in [3.8, 4) is 11.5 Å². The number of hydrogen-bond acceptors (Lipinski definition) is 4. The summed E-state index contributed by atoms with van der Waals surface area (Å²) in [5.74, 6) is 1.01. The van der Waals surface area contributed by atoms with E-state index >= 15 is 0 Å². The number of rotatable bonds is 9. The monoisotopic (exact) mass is 424 g/mol. The van der Waals surface area contributed by atoms with Gasteiger partial charge >= 0.3 is 0 Å². The van der Waals surface area contributed by atoms with Crippen LogP contribution in [0.25, 0.3) is 0 Å². The summed E-state index contributed by atoms with van der Waals surface area (Å²) in [6.45, 7) is 8.59. The Bertz CT molecular complexity index is 970. The summed E-state index contributed by atoms with van der Waals surface area (Å²) in [6.07, 6.45) is 3.28. The number of ether oxygens (including phenoxy) is 2. The molecule has 1 heterocycles. The van der Waals surface area contributed by atoms with Crippen molar-refractivity contribution in [3.05, 3.63) is 52.6 Å². The average molecular weight is 425 g/mol. The third kappa shape index (κ3) is 4.84. The molecule has 1 unspecified atom stereocenters. The second-order valence-corrected chi connectivity index (χ2v) is 8.06. The first-order valence-electron chi connectivity index (χ1n) is 10.9. The van der Waals surface area contributed by atoms with Gasteiger partial charge in [0.1, 0.15) is 6.04 Å². The molecular weight excluding hydrogens is 392 g/mol. The molecule has 2 amide bonds. The van der Waals surface area contributed by atoms with Crippen LogP contribution in [0, 0.1) is 13.8 Å². The van der Waals surface area contributed by atoms with Gasteiger partial charge in [0.2, 0.25) is 5.91 Å². The minimum absolute atomic E-state index is 0.124. The summed E-state index contributed by atoms with van der Waals surface area (Å²) in [6, 6.07) is 9.12. The summed E-state index contributed by atoms with van der Waals surface area (Å²) < 4.78 is 11.4. The minimum Gasteiger partial charge on any atom is -0.493 e. The van der Waals surface area contributed by atoms with E-state index in [1.165, 1.54) is 6.92 Å². The third-order valence-electron chi connectivity index (χ3n) is 5.63. The zero-order valence-corrected chi connectivity index (χ0v) is 19.1. The Morgan fingerprint density at radius 2 is 1.84 bits per heavy atom. The van der Waals surface area contributed by atoms with Gasteiger partial charge in [0.05, 0.1) is 25.9 Å². The van der Waals surface area contributed by atoms with Crippen LogP contribution in [-0.2, 0) is 16.1 Å². The number of benzene rings is 2. The Morgan fingerprint density at radius 3 is 2.52 bits per heavy atom. The van der Waals surface area contributed by atoms with Crippen LogP contribution in [0.4, 0.5) is 5.69 Å². The topological polar surface area (TPSA) is 67.9 Å². The fourth-order valence-corrected chi connectivity index (χ4v) is 4.07. The fourth-order valence-electron chi connectivity index (χ4n) is 4.07. The van der Waals surface area contributed by atoms with E-state index in [-0.39, 0.29) is 11.8 Å². The highest BCUT2D eigenvalue weighted by Gasteiger charge is 2.40. The van der Waals surface area contributed by atoms with Crippen molar-refractivity contribution in [2.75, 3.05) is 18.6 Å². The maximum absolute atomic E-state index is 13.3. The highest BCUT2D eigenvalue weighted by atomic mass is 16.5. The second-order valence-electron chi connectivity index (χ2n) is 8.06. The number of nitrogens with zero attached hydrogens (tertiary/aromatic N) is 1. The van der Waals surface area contributed by atoms with E-state index in [1.54, 1.807) is 12.0 Å². The molecule has 0 aromatic heterocycles. The molecule has 1 aliphatic heterocycles. The molecule has 0 saturated carbocycles. The number of carbonyl (C=O) groups is 2. The van der Waals surface area contributed by atoms with Crippen molar-refractivity contribution in [1.82, 2.24) is 5.32 Å². The largest absolute Gasteiger partial charge is 0.493 e. The molecule has 0 fully saturated rings. The maximum atomic E-state index is 13.3. The van der Waals surface area contributed by atoms with Crippen molar-refractivity contribution in [1.29, 1.82) is 0 Å². The summed E-state index contributed by atoms with van der Waals surface area (Å²) in [5, 5.41) is 2.82. The molecule has 31 heavy (non-hydrogen) atoms. The molecule has 0 spiro atoms. The quantitative estimate of drug-likeness (QED) is 0.597. The van der Waals surface area contributed by atoms with E-state index in [0.717, 1.165) is 47.2 Å². The molecule has 3 rings (SSSR count). The molecule has 1 aliphatic rings. The minimum atomic E-state index is -0.657. The molecule has 0 saturated heterocycles. The van der Waals surface area contributed by atoms with Gasteiger partial charge in [-0.15, -0.1) is 0 Å². The van der Waals surface area contributed by atoms with Gasteiger partial charge in [-0.1, -0.05) is 38.0 Å². The van der Waals surface area contributed by atoms with Crippen molar-refractivity contribution in [2.45, 2.75) is 59.5 Å². The van der Waals surface area contributed by atoms with Crippen LogP contribution in [0.15, 0.2) is 30.3 Å². The number of hydrogen-bond donors (Lipinski definition) is 1. The normalized spacial score (nSPS) is 15.1. The van der Waals surface area contributed by atoms with E-state index in [0.29, 0.717) is 24.7 Å². The summed E-state index contributed by atoms with van der Waals surface area (Å²) in [4.78, 5) is 26.8. The molecular formula is C25H32N2O4. The predicted molar refractivity (Wildman–Crippen MR) is 122 cm³/mol. The lowest BCUT2D eigenvalue weighted by Crippen LogP contribution is -2.36. The second kappa shape index (κ2) is 9.86. The molecule has 2 aromatic carbocycles. The lowest BCUT2D eigenvalue weighted by atomic mass is 9.99. The Kier molecular flexibility index (Phi) is 7.21. The van der Waals surface area contributed by atoms with Gasteiger partial charge in [0.25, 0.3) is 5.91 Å². The molecule has 1 atom stereocenters. The van der Waals surface area contributed by atoms with Gasteiger partial charge in [0, 0.05) is 12.5 Å². The van der Waals surface area contributed by atoms with Crippen LogP contribution in [0.1, 0.15) is 61.4 Å². The summed E-state index contributed by atoms with van der Waals surface area (Å²) >= 11 is 0. The highest BCUT2D eigenvalue weighted by molar-refractivity contribution is 6.07. The first kappa shape index (κ1) is 22.7. The highest BCUT2D eigenvalue weighted by Crippen LogP contribution is 2.42. The van der Waals surface area contributed by atoms with Crippen molar-refractivity contribution in [3.63, 3.8) is 0 Å². The summed E-state index contributed by atoms with van der Waals surface area (Å²) in [7, 11) is 1.62. The van der Waals surface area contributed by atoms with Gasteiger partial charge < -0.3 is 19.7 Å². The standard InChI is InChI=1S/C25H32N2O4/c1-6-7-8-13-31-20-12-11-19(14-21(20)30-5)15-27-24-17(3)10-9-16(2)22(24)23(25(27)29)26-18(4)28/h9-12,14,23H,6-8,13,15H2,1-5H3,(H,26,28). The van der Waals surface area contributed by atoms with Crippen LogP contribution in [0.3, 0.4) is 0 Å². The molecule has 1 N–H and O–H groups in total. The van der Waals surface area contributed by atoms with Gasteiger partial charge in [0.15, 0.2) is 11.5 Å². The molecule has 0 bridgehead atoms. The molecule has 166 valence electrons. The number of fused-ring (bicyclic) bond motifs is 1. The van der Waals surface area contributed by atoms with E-state index in [2.05, 4.69) is 12.2 Å². The lowest BCUT2D eigenvalue weighted by Gasteiger charge is -2.21. The molecule has 0 radical (unpaired) electrons. The molecule has 6 heteroatoms. The zero-order valence-electron chi connectivity index (χ0n) is 19.1. The molecule has 2 aromatic rings. The van der Waals surface area contributed by atoms with Gasteiger partial charge in [-0.3, -0.25) is 9.59 Å². The number of amides is 2. The van der Waals surface area contributed by atoms with Crippen molar-refractivity contribution in [2.24, 2.45) is 0 Å². The van der Waals surface area contributed by atoms with E-state index in [4.69, 9.17) is 9.47 Å². The van der Waals surface area contributed by atoms with Gasteiger partial charge in [-0.25, -0.2) is 0 Å². The first-order valence-corrected chi connectivity index (χ1v) is 10.9. The number of methoxy groups -OCH3 is 1. The summed E-state index contributed by atoms with van der Waals surface area (Å²) in [5.41, 5.74) is 4.68. The Hall–Kier alpha value is -3.02.